The smallest absolute Gasteiger partial charge is 0.314 e. The van der Waals surface area contributed by atoms with Crippen LogP contribution in [0.25, 0.3) is 0 Å². The lowest BCUT2D eigenvalue weighted by molar-refractivity contribution is -0.133. The van der Waals surface area contributed by atoms with Crippen LogP contribution in [0.1, 0.15) is 24.0 Å². The molecule has 3 heterocycles. The molecular formula is C21H19N3O5. The molecule has 0 unspecified atom stereocenters. The number of amides is 3. The minimum atomic E-state index is -0.771. The molecule has 0 radical (unpaired) electrons. The van der Waals surface area contributed by atoms with Gasteiger partial charge in [-0.3, -0.25) is 14.4 Å². The van der Waals surface area contributed by atoms with Gasteiger partial charge in [0, 0.05) is 30.4 Å². The molecule has 3 amide bonds. The normalized spacial score (nSPS) is 16.3. The van der Waals surface area contributed by atoms with Crippen LogP contribution in [0, 0.1) is 0 Å². The van der Waals surface area contributed by atoms with Gasteiger partial charge in [-0.25, -0.2) is 0 Å². The van der Waals surface area contributed by atoms with Crippen LogP contribution in [0.15, 0.2) is 30.3 Å². The maximum absolute atomic E-state index is 12.4. The van der Waals surface area contributed by atoms with E-state index in [0.29, 0.717) is 35.7 Å². The highest BCUT2D eigenvalue weighted by Crippen LogP contribution is 2.38. The van der Waals surface area contributed by atoms with E-state index in [0.717, 1.165) is 36.2 Å². The third kappa shape index (κ3) is 3.16. The van der Waals surface area contributed by atoms with E-state index in [4.69, 9.17) is 9.47 Å². The number of nitrogens with zero attached hydrogens (tertiary/aromatic N) is 1. The largest absolute Gasteiger partial charge is 0.454 e. The van der Waals surface area contributed by atoms with Crippen molar-refractivity contribution < 1.29 is 23.9 Å². The number of benzene rings is 2. The number of nitrogens with one attached hydrogen (secondary N) is 2. The van der Waals surface area contributed by atoms with E-state index in [-0.39, 0.29) is 12.7 Å². The summed E-state index contributed by atoms with van der Waals surface area (Å²) in [4.78, 5) is 38.7. The van der Waals surface area contributed by atoms with E-state index in [1.165, 1.54) is 0 Å². The number of hydrogen-bond acceptors (Lipinski definition) is 5. The third-order valence-corrected chi connectivity index (χ3v) is 5.37. The second-order valence-electron chi connectivity index (χ2n) is 7.27. The molecule has 0 bridgehead atoms. The first kappa shape index (κ1) is 17.5. The Bertz CT molecular complexity index is 1030. The number of rotatable bonds is 2. The number of carbonyl (C=O) groups is 3. The number of anilines is 3. The molecule has 8 nitrogen and oxygen atoms in total. The van der Waals surface area contributed by atoms with Gasteiger partial charge in [0.1, 0.15) is 0 Å². The molecule has 0 spiro atoms. The Kier molecular flexibility index (Phi) is 4.12. The fourth-order valence-corrected chi connectivity index (χ4v) is 4.08. The van der Waals surface area contributed by atoms with Crippen LogP contribution in [-0.4, -0.2) is 31.1 Å². The molecule has 8 heteroatoms. The van der Waals surface area contributed by atoms with Crippen molar-refractivity contribution in [1.82, 2.24) is 0 Å². The van der Waals surface area contributed by atoms with Crippen LogP contribution >= 0.6 is 0 Å². The summed E-state index contributed by atoms with van der Waals surface area (Å²) in [6.07, 6.45) is 2.85. The zero-order chi connectivity index (χ0) is 20.0. The molecule has 3 aliphatic rings. The van der Waals surface area contributed by atoms with Crippen LogP contribution in [0.5, 0.6) is 11.5 Å². The Morgan fingerprint density at radius 1 is 0.862 bits per heavy atom. The summed E-state index contributed by atoms with van der Waals surface area (Å²) in [6, 6.07) is 8.65. The average molecular weight is 393 g/mol. The van der Waals surface area contributed by atoms with E-state index >= 15 is 0 Å². The first-order valence-corrected chi connectivity index (χ1v) is 9.56. The molecule has 2 aromatic carbocycles. The summed E-state index contributed by atoms with van der Waals surface area (Å²) in [5.41, 5.74) is 4.07. The van der Waals surface area contributed by atoms with Gasteiger partial charge >= 0.3 is 11.8 Å². The van der Waals surface area contributed by atoms with Gasteiger partial charge in [0.2, 0.25) is 12.7 Å². The van der Waals surface area contributed by atoms with Crippen LogP contribution in [-0.2, 0) is 27.2 Å². The van der Waals surface area contributed by atoms with Crippen molar-refractivity contribution in [3.05, 3.63) is 41.5 Å². The van der Waals surface area contributed by atoms with Crippen LogP contribution < -0.4 is 25.0 Å². The molecule has 0 aromatic heterocycles. The predicted molar refractivity (Wildman–Crippen MR) is 105 cm³/mol. The van der Waals surface area contributed by atoms with Crippen molar-refractivity contribution in [2.45, 2.75) is 25.7 Å². The third-order valence-electron chi connectivity index (χ3n) is 5.37. The fraction of sp³-hybridized carbons (Fsp3) is 0.286. The number of ether oxygens (including phenoxy) is 2. The lowest BCUT2D eigenvalue weighted by Gasteiger charge is -2.35. The first-order valence-electron chi connectivity index (χ1n) is 9.56. The summed E-state index contributed by atoms with van der Waals surface area (Å²) >= 11 is 0. The van der Waals surface area contributed by atoms with Crippen LogP contribution in [0.3, 0.4) is 0 Å². The quantitative estimate of drug-likeness (QED) is 0.763. The second kappa shape index (κ2) is 6.80. The van der Waals surface area contributed by atoms with E-state index in [2.05, 4.69) is 10.6 Å². The number of fused-ring (bicyclic) bond motifs is 1. The highest BCUT2D eigenvalue weighted by atomic mass is 16.7. The Labute approximate surface area is 166 Å². The fourth-order valence-electron chi connectivity index (χ4n) is 4.08. The maximum atomic E-state index is 12.4. The predicted octanol–water partition coefficient (Wildman–Crippen LogP) is 2.22. The van der Waals surface area contributed by atoms with Gasteiger partial charge in [-0.1, -0.05) is 0 Å². The van der Waals surface area contributed by atoms with Gasteiger partial charge in [-0.15, -0.1) is 0 Å². The lowest BCUT2D eigenvalue weighted by atomic mass is 9.91. The Balaban J connectivity index is 1.32. The average Bonchev–Trinajstić information content (AvgIpc) is 3.18. The minimum Gasteiger partial charge on any atom is -0.454 e. The molecule has 148 valence electrons. The lowest BCUT2D eigenvalue weighted by Crippen LogP contribution is -2.39. The Morgan fingerprint density at radius 3 is 2.41 bits per heavy atom. The van der Waals surface area contributed by atoms with E-state index in [9.17, 15) is 14.4 Å². The topological polar surface area (TPSA) is 97.0 Å². The molecular weight excluding hydrogens is 374 g/mol. The van der Waals surface area contributed by atoms with Crippen molar-refractivity contribution in [3.63, 3.8) is 0 Å². The Hall–Kier alpha value is -3.55. The number of carbonyl (C=O) groups excluding carboxylic acids is 3. The summed E-state index contributed by atoms with van der Waals surface area (Å²) in [7, 11) is 0. The van der Waals surface area contributed by atoms with Gasteiger partial charge in [-0.05, 0) is 54.7 Å². The molecule has 0 saturated carbocycles. The minimum absolute atomic E-state index is 0.136. The first-order chi connectivity index (χ1) is 14.1. The second-order valence-corrected chi connectivity index (χ2v) is 7.27. The molecule has 2 N–H and O–H groups in total. The van der Waals surface area contributed by atoms with Crippen molar-refractivity contribution in [2.75, 3.05) is 28.9 Å². The maximum Gasteiger partial charge on any atom is 0.314 e. The van der Waals surface area contributed by atoms with Crippen LogP contribution in [0.2, 0.25) is 0 Å². The van der Waals surface area contributed by atoms with Crippen molar-refractivity contribution in [1.29, 1.82) is 0 Å². The van der Waals surface area contributed by atoms with Crippen LogP contribution in [0.4, 0.5) is 17.1 Å². The molecule has 0 fully saturated rings. The number of aryl methyl sites for hydroxylation is 2. The van der Waals surface area contributed by atoms with Gasteiger partial charge < -0.3 is 25.0 Å². The molecule has 3 aliphatic heterocycles. The zero-order valence-electron chi connectivity index (χ0n) is 15.6. The number of hydrogen-bond donors (Lipinski definition) is 2. The SMILES string of the molecule is O=C(Nc1cc2c3c(c1)CCC(=O)N3CCC2)C(=O)Nc1ccc2c(c1)OCO2. The van der Waals surface area contributed by atoms with E-state index in [1.54, 1.807) is 18.2 Å². The van der Waals surface area contributed by atoms with Crippen molar-refractivity contribution in [3.8, 4) is 11.5 Å². The van der Waals surface area contributed by atoms with E-state index < -0.39 is 11.8 Å². The highest BCUT2D eigenvalue weighted by Gasteiger charge is 2.30. The molecule has 0 aliphatic carbocycles. The molecule has 29 heavy (non-hydrogen) atoms. The van der Waals surface area contributed by atoms with Gasteiger partial charge in [0.25, 0.3) is 0 Å². The molecule has 5 rings (SSSR count). The van der Waals surface area contributed by atoms with Crippen molar-refractivity contribution >= 4 is 34.8 Å². The summed E-state index contributed by atoms with van der Waals surface area (Å²) < 4.78 is 10.5. The highest BCUT2D eigenvalue weighted by molar-refractivity contribution is 6.43. The monoisotopic (exact) mass is 393 g/mol. The van der Waals surface area contributed by atoms with Gasteiger partial charge in [0.05, 0.1) is 5.69 Å². The summed E-state index contributed by atoms with van der Waals surface area (Å²) in [5, 5.41) is 5.25. The van der Waals surface area contributed by atoms with E-state index in [1.807, 2.05) is 17.0 Å². The zero-order valence-corrected chi connectivity index (χ0v) is 15.6. The van der Waals surface area contributed by atoms with Gasteiger partial charge in [-0.2, -0.15) is 0 Å². The van der Waals surface area contributed by atoms with Gasteiger partial charge in [0.15, 0.2) is 11.5 Å². The summed E-state index contributed by atoms with van der Waals surface area (Å²) in [6.45, 7) is 0.874. The molecule has 0 atom stereocenters. The van der Waals surface area contributed by atoms with Crippen molar-refractivity contribution in [2.24, 2.45) is 0 Å². The summed E-state index contributed by atoms with van der Waals surface area (Å²) in [5.74, 6) is -0.251. The standard InChI is InChI=1S/C21H19N3O5/c25-18-6-3-13-9-15(8-12-2-1-7-24(18)19(12)13)23-21(27)20(26)22-14-4-5-16-17(10-14)29-11-28-16/h4-5,8-10H,1-3,6-7,11H2,(H,22,26)(H,23,27). The Morgan fingerprint density at radius 2 is 1.59 bits per heavy atom. The molecule has 0 saturated heterocycles. The molecule has 2 aromatic rings.